The molecule has 5 nitrogen and oxygen atoms in total. The van der Waals surface area contributed by atoms with Gasteiger partial charge in [-0.15, -0.1) is 16.4 Å². The second-order valence-electron chi connectivity index (χ2n) is 5.67. The molecule has 1 atom stereocenters. The molecule has 2 aromatic heterocycles. The number of nitrogens with one attached hydrogen (secondary N) is 2. The molecule has 3 aromatic rings. The van der Waals surface area contributed by atoms with Crippen LogP contribution in [0.1, 0.15) is 35.7 Å². The zero-order chi connectivity index (χ0) is 18.4. The number of halogens is 1. The molecule has 0 fully saturated rings. The SMILES string of the molecule is CCCc1nc(SCC(=O)N[C@@H](c2ccc(F)cc2)c2cccs2)n[nH]1. The van der Waals surface area contributed by atoms with Gasteiger partial charge in [0.25, 0.3) is 0 Å². The van der Waals surface area contributed by atoms with E-state index in [9.17, 15) is 9.18 Å². The smallest absolute Gasteiger partial charge is 0.231 e. The van der Waals surface area contributed by atoms with Crippen molar-refractivity contribution in [2.24, 2.45) is 0 Å². The number of aromatic amines is 1. The van der Waals surface area contributed by atoms with E-state index in [1.165, 1.54) is 23.9 Å². The van der Waals surface area contributed by atoms with E-state index in [0.29, 0.717) is 5.16 Å². The lowest BCUT2D eigenvalue weighted by Crippen LogP contribution is -2.30. The molecule has 0 saturated carbocycles. The van der Waals surface area contributed by atoms with Gasteiger partial charge in [-0.3, -0.25) is 9.89 Å². The van der Waals surface area contributed by atoms with Crippen LogP contribution in [0.4, 0.5) is 4.39 Å². The lowest BCUT2D eigenvalue weighted by molar-refractivity contribution is -0.119. The number of benzene rings is 1. The predicted octanol–water partition coefficient (Wildman–Crippen LogP) is 3.96. The summed E-state index contributed by atoms with van der Waals surface area (Å²) in [4.78, 5) is 17.8. The predicted molar refractivity (Wildman–Crippen MR) is 102 cm³/mol. The van der Waals surface area contributed by atoms with Crippen molar-refractivity contribution < 1.29 is 9.18 Å². The first-order valence-corrected chi connectivity index (χ1v) is 10.1. The summed E-state index contributed by atoms with van der Waals surface area (Å²) < 4.78 is 13.2. The maximum absolute atomic E-state index is 13.2. The number of carbonyl (C=O) groups excluding carboxylic acids is 1. The number of rotatable bonds is 8. The van der Waals surface area contributed by atoms with E-state index in [2.05, 4.69) is 27.4 Å². The van der Waals surface area contributed by atoms with Gasteiger partial charge in [0, 0.05) is 11.3 Å². The number of amides is 1. The van der Waals surface area contributed by atoms with Crippen LogP contribution in [0.2, 0.25) is 0 Å². The van der Waals surface area contributed by atoms with Crippen LogP contribution in [-0.2, 0) is 11.2 Å². The van der Waals surface area contributed by atoms with Crippen LogP contribution >= 0.6 is 23.1 Å². The summed E-state index contributed by atoms with van der Waals surface area (Å²) >= 11 is 2.84. The number of nitrogens with zero attached hydrogens (tertiary/aromatic N) is 2. The van der Waals surface area contributed by atoms with Gasteiger partial charge in [-0.1, -0.05) is 36.9 Å². The molecule has 0 radical (unpaired) electrons. The lowest BCUT2D eigenvalue weighted by atomic mass is 10.1. The van der Waals surface area contributed by atoms with Crippen molar-refractivity contribution in [1.82, 2.24) is 20.5 Å². The summed E-state index contributed by atoms with van der Waals surface area (Å²) in [7, 11) is 0. The van der Waals surface area contributed by atoms with Gasteiger partial charge < -0.3 is 5.32 Å². The standard InChI is InChI=1S/C18H19FN4OS2/c1-2-4-15-20-18(23-22-15)26-11-16(24)21-17(14-5-3-10-25-14)12-6-8-13(19)9-7-12/h3,5-10,17H,2,4,11H2,1H3,(H,21,24)(H,20,22,23)/t17-/m0/s1. The van der Waals surface area contributed by atoms with Crippen LogP contribution in [-0.4, -0.2) is 26.8 Å². The van der Waals surface area contributed by atoms with Gasteiger partial charge in [0.15, 0.2) is 0 Å². The molecule has 2 N–H and O–H groups in total. The summed E-state index contributed by atoms with van der Waals surface area (Å²) in [6.07, 6.45) is 1.82. The highest BCUT2D eigenvalue weighted by atomic mass is 32.2. The molecule has 0 saturated heterocycles. The Kier molecular flexibility index (Phi) is 6.40. The average Bonchev–Trinajstić information content (AvgIpc) is 3.31. The van der Waals surface area contributed by atoms with Crippen molar-refractivity contribution in [2.45, 2.75) is 31.0 Å². The molecule has 1 amide bonds. The zero-order valence-electron chi connectivity index (χ0n) is 14.2. The minimum absolute atomic E-state index is 0.125. The minimum Gasteiger partial charge on any atom is -0.344 e. The van der Waals surface area contributed by atoms with Crippen LogP contribution in [0.5, 0.6) is 0 Å². The highest BCUT2D eigenvalue weighted by molar-refractivity contribution is 7.99. The largest absolute Gasteiger partial charge is 0.344 e. The molecule has 136 valence electrons. The van der Waals surface area contributed by atoms with Gasteiger partial charge in [0.1, 0.15) is 11.6 Å². The van der Waals surface area contributed by atoms with E-state index >= 15 is 0 Å². The Hall–Kier alpha value is -2.19. The van der Waals surface area contributed by atoms with Crippen LogP contribution < -0.4 is 5.32 Å². The summed E-state index contributed by atoms with van der Waals surface area (Å²) in [6, 6.07) is 9.78. The van der Waals surface area contributed by atoms with Gasteiger partial charge >= 0.3 is 0 Å². The van der Waals surface area contributed by atoms with Crippen molar-refractivity contribution in [3.8, 4) is 0 Å². The number of thiophene rings is 1. The topological polar surface area (TPSA) is 70.7 Å². The Labute approximate surface area is 159 Å². The molecule has 0 spiro atoms. The van der Waals surface area contributed by atoms with Crippen molar-refractivity contribution >= 4 is 29.0 Å². The third kappa shape index (κ3) is 4.92. The molecule has 2 heterocycles. The number of thioether (sulfide) groups is 1. The first-order valence-electron chi connectivity index (χ1n) is 8.28. The Morgan fingerprint density at radius 3 is 2.85 bits per heavy atom. The van der Waals surface area contributed by atoms with E-state index in [4.69, 9.17) is 0 Å². The van der Waals surface area contributed by atoms with E-state index in [0.717, 1.165) is 29.1 Å². The Bertz CT molecular complexity index is 833. The first-order chi connectivity index (χ1) is 12.7. The van der Waals surface area contributed by atoms with E-state index in [1.54, 1.807) is 23.5 Å². The monoisotopic (exact) mass is 390 g/mol. The van der Waals surface area contributed by atoms with Crippen LogP contribution in [0.3, 0.4) is 0 Å². The molecule has 1 aromatic carbocycles. The number of aryl methyl sites for hydroxylation is 1. The first kappa shape index (κ1) is 18.6. The maximum atomic E-state index is 13.2. The Morgan fingerprint density at radius 1 is 1.35 bits per heavy atom. The zero-order valence-corrected chi connectivity index (χ0v) is 15.9. The number of H-pyrrole nitrogens is 1. The van der Waals surface area contributed by atoms with Gasteiger partial charge in [-0.05, 0) is 35.6 Å². The van der Waals surface area contributed by atoms with Crippen molar-refractivity contribution in [1.29, 1.82) is 0 Å². The fraction of sp³-hybridized carbons (Fsp3) is 0.278. The van der Waals surface area contributed by atoms with E-state index in [-0.39, 0.29) is 23.5 Å². The molecule has 0 bridgehead atoms. The quantitative estimate of drug-likeness (QED) is 0.571. The van der Waals surface area contributed by atoms with Gasteiger partial charge in [-0.2, -0.15) is 0 Å². The highest BCUT2D eigenvalue weighted by Gasteiger charge is 2.18. The molecule has 3 rings (SSSR count). The summed E-state index contributed by atoms with van der Waals surface area (Å²) in [5.74, 6) is 0.623. The number of hydrogen-bond acceptors (Lipinski definition) is 5. The molecule has 0 aliphatic carbocycles. The summed E-state index contributed by atoms with van der Waals surface area (Å²) in [6.45, 7) is 2.07. The molecule has 26 heavy (non-hydrogen) atoms. The fourth-order valence-electron chi connectivity index (χ4n) is 2.45. The van der Waals surface area contributed by atoms with Gasteiger partial charge in [-0.25, -0.2) is 9.37 Å². The third-order valence-corrected chi connectivity index (χ3v) is 5.45. The maximum Gasteiger partial charge on any atom is 0.231 e. The average molecular weight is 391 g/mol. The normalized spacial score (nSPS) is 12.1. The second kappa shape index (κ2) is 8.95. The van der Waals surface area contributed by atoms with Crippen molar-refractivity contribution in [2.75, 3.05) is 5.75 Å². The van der Waals surface area contributed by atoms with Crippen LogP contribution in [0.15, 0.2) is 46.9 Å². The number of aromatic nitrogens is 3. The van der Waals surface area contributed by atoms with E-state index < -0.39 is 0 Å². The van der Waals surface area contributed by atoms with Crippen LogP contribution in [0, 0.1) is 5.82 Å². The van der Waals surface area contributed by atoms with Crippen LogP contribution in [0.25, 0.3) is 0 Å². The number of hydrogen-bond donors (Lipinski definition) is 2. The Balaban J connectivity index is 1.64. The van der Waals surface area contributed by atoms with Crippen molar-refractivity contribution in [3.63, 3.8) is 0 Å². The molecular formula is C18H19FN4OS2. The highest BCUT2D eigenvalue weighted by Crippen LogP contribution is 2.26. The molecule has 0 aliphatic rings. The fourth-order valence-corrected chi connectivity index (χ4v) is 3.88. The molecule has 0 unspecified atom stereocenters. The second-order valence-corrected chi connectivity index (χ2v) is 7.59. The number of carbonyl (C=O) groups is 1. The van der Waals surface area contributed by atoms with Gasteiger partial charge in [0.05, 0.1) is 11.8 Å². The third-order valence-electron chi connectivity index (χ3n) is 3.67. The molecule has 0 aliphatic heterocycles. The lowest BCUT2D eigenvalue weighted by Gasteiger charge is -2.18. The minimum atomic E-state index is -0.300. The van der Waals surface area contributed by atoms with Crippen molar-refractivity contribution in [3.05, 3.63) is 63.9 Å². The summed E-state index contributed by atoms with van der Waals surface area (Å²) in [5, 5.41) is 12.5. The molecular weight excluding hydrogens is 371 g/mol. The Morgan fingerprint density at radius 2 is 2.15 bits per heavy atom. The van der Waals surface area contributed by atoms with Gasteiger partial charge in [0.2, 0.25) is 11.1 Å². The molecule has 8 heteroatoms. The van der Waals surface area contributed by atoms with E-state index in [1.807, 2.05) is 17.5 Å². The summed E-state index contributed by atoms with van der Waals surface area (Å²) in [5.41, 5.74) is 0.843.